The predicted molar refractivity (Wildman–Crippen MR) is 93.3 cm³/mol. The molecule has 0 spiro atoms. The summed E-state index contributed by atoms with van der Waals surface area (Å²) >= 11 is 0. The molecule has 0 saturated carbocycles. The Morgan fingerprint density at radius 1 is 1.33 bits per heavy atom. The number of halogens is 1. The number of carbonyl (C=O) groups is 1. The van der Waals surface area contributed by atoms with Crippen LogP contribution in [-0.2, 0) is 10.0 Å². The Labute approximate surface area is 154 Å². The maximum absolute atomic E-state index is 13.1. The van der Waals surface area contributed by atoms with Crippen molar-refractivity contribution < 1.29 is 27.3 Å². The number of benzene rings is 2. The van der Waals surface area contributed by atoms with Crippen LogP contribution in [0.15, 0.2) is 47.4 Å². The summed E-state index contributed by atoms with van der Waals surface area (Å²) in [6.45, 7) is 1.64. The number of hydrogen-bond acceptors (Lipinski definition) is 6. The highest BCUT2D eigenvalue weighted by Crippen LogP contribution is 2.24. The summed E-state index contributed by atoms with van der Waals surface area (Å²) in [6.07, 6.45) is 0. The number of ether oxygens (including phenoxy) is 1. The molecular weight excluding hydrogens is 381 g/mol. The lowest BCUT2D eigenvalue weighted by atomic mass is 10.2. The number of carbonyl (C=O) groups excluding carboxylic acids is 1. The number of nitro benzene ring substituents is 1. The number of primary sulfonamides is 1. The van der Waals surface area contributed by atoms with Gasteiger partial charge < -0.3 is 10.1 Å². The molecule has 0 bridgehead atoms. The maximum atomic E-state index is 13.1. The first-order valence-corrected chi connectivity index (χ1v) is 9.13. The van der Waals surface area contributed by atoms with Gasteiger partial charge in [0.05, 0.1) is 11.0 Å². The molecule has 9 nitrogen and oxygen atoms in total. The number of nitrogens with zero attached hydrogens (tertiary/aromatic N) is 1. The highest BCUT2D eigenvalue weighted by atomic mass is 32.2. The first kappa shape index (κ1) is 20.3. The van der Waals surface area contributed by atoms with Gasteiger partial charge in [0, 0.05) is 17.7 Å². The molecule has 1 unspecified atom stereocenters. The summed E-state index contributed by atoms with van der Waals surface area (Å²) in [4.78, 5) is 21.7. The zero-order valence-corrected chi connectivity index (χ0v) is 14.9. The quantitative estimate of drug-likeness (QED) is 0.537. The van der Waals surface area contributed by atoms with E-state index in [2.05, 4.69) is 5.32 Å². The Balaban J connectivity index is 2.08. The van der Waals surface area contributed by atoms with Crippen molar-refractivity contribution in [2.45, 2.75) is 17.9 Å². The van der Waals surface area contributed by atoms with Crippen LogP contribution in [0.5, 0.6) is 5.75 Å². The van der Waals surface area contributed by atoms with Crippen molar-refractivity contribution in [3.8, 4) is 5.75 Å². The van der Waals surface area contributed by atoms with Gasteiger partial charge in [0.1, 0.15) is 18.2 Å². The van der Waals surface area contributed by atoms with Crippen molar-refractivity contribution in [3.05, 3.63) is 64.0 Å². The van der Waals surface area contributed by atoms with Gasteiger partial charge in [-0.05, 0) is 31.2 Å². The second kappa shape index (κ2) is 8.10. The largest absolute Gasteiger partial charge is 0.491 e. The zero-order valence-electron chi connectivity index (χ0n) is 14.1. The summed E-state index contributed by atoms with van der Waals surface area (Å²) < 4.78 is 41.2. The van der Waals surface area contributed by atoms with E-state index in [1.54, 1.807) is 13.0 Å². The van der Waals surface area contributed by atoms with Gasteiger partial charge in [-0.25, -0.2) is 17.9 Å². The van der Waals surface area contributed by atoms with Crippen LogP contribution in [0.2, 0.25) is 0 Å². The molecule has 11 heteroatoms. The minimum absolute atomic E-state index is 0.0204. The molecule has 1 amide bonds. The van der Waals surface area contributed by atoms with E-state index in [1.165, 1.54) is 18.2 Å². The summed E-state index contributed by atoms with van der Waals surface area (Å²) in [7, 11) is -4.31. The van der Waals surface area contributed by atoms with Gasteiger partial charge >= 0.3 is 0 Å². The van der Waals surface area contributed by atoms with E-state index in [1.807, 2.05) is 0 Å². The fourth-order valence-electron chi connectivity index (χ4n) is 2.17. The fraction of sp³-hybridized carbons (Fsp3) is 0.188. The standard InChI is InChI=1S/C16H16FN3O6S/c1-10(9-26-13-4-2-3-12(17)8-13)19-16(21)11-5-6-15(27(18,24)25)14(7-11)20(22)23/h2-8,10H,9H2,1H3,(H,19,21)(H2,18,24,25). The summed E-state index contributed by atoms with van der Waals surface area (Å²) in [6, 6.07) is 7.79. The van der Waals surface area contributed by atoms with E-state index >= 15 is 0 Å². The third kappa shape index (κ3) is 5.46. The molecule has 0 aliphatic heterocycles. The number of nitro groups is 1. The number of nitrogens with one attached hydrogen (secondary N) is 1. The van der Waals surface area contributed by atoms with Crippen molar-refractivity contribution >= 4 is 21.6 Å². The topological polar surface area (TPSA) is 142 Å². The molecule has 0 saturated heterocycles. The molecule has 3 N–H and O–H groups in total. The van der Waals surface area contributed by atoms with E-state index in [0.717, 1.165) is 18.2 Å². The third-order valence-electron chi connectivity index (χ3n) is 3.40. The van der Waals surface area contributed by atoms with Crippen LogP contribution in [0.25, 0.3) is 0 Å². The second-order valence-corrected chi connectivity index (χ2v) is 7.16. The molecule has 144 valence electrons. The lowest BCUT2D eigenvalue weighted by Gasteiger charge is -2.15. The number of amides is 1. The molecule has 2 aromatic carbocycles. The molecule has 0 fully saturated rings. The Morgan fingerprint density at radius 3 is 2.63 bits per heavy atom. The number of nitrogens with two attached hydrogens (primary N) is 1. The zero-order chi connectivity index (χ0) is 20.2. The first-order chi connectivity index (χ1) is 12.6. The molecule has 0 radical (unpaired) electrons. The van der Waals surface area contributed by atoms with E-state index in [-0.39, 0.29) is 17.9 Å². The van der Waals surface area contributed by atoms with Crippen molar-refractivity contribution in [3.63, 3.8) is 0 Å². The van der Waals surface area contributed by atoms with E-state index < -0.39 is 43.3 Å². The van der Waals surface area contributed by atoms with E-state index in [4.69, 9.17) is 9.88 Å². The third-order valence-corrected chi connectivity index (χ3v) is 4.36. The normalized spacial score (nSPS) is 12.3. The predicted octanol–water partition coefficient (Wildman–Crippen LogP) is 1.58. The van der Waals surface area contributed by atoms with Crippen molar-refractivity contribution in [2.24, 2.45) is 5.14 Å². The van der Waals surface area contributed by atoms with Gasteiger partial charge in [-0.3, -0.25) is 14.9 Å². The van der Waals surface area contributed by atoms with Crippen LogP contribution in [0, 0.1) is 15.9 Å². The van der Waals surface area contributed by atoms with Crippen LogP contribution < -0.4 is 15.2 Å². The van der Waals surface area contributed by atoms with E-state index in [9.17, 15) is 27.7 Å². The van der Waals surface area contributed by atoms with Crippen LogP contribution in [0.3, 0.4) is 0 Å². The summed E-state index contributed by atoms with van der Waals surface area (Å²) in [5, 5.41) is 18.5. The van der Waals surface area contributed by atoms with Crippen molar-refractivity contribution in [1.29, 1.82) is 0 Å². The summed E-state index contributed by atoms with van der Waals surface area (Å²) in [5.74, 6) is -0.856. The Bertz CT molecular complexity index is 980. The van der Waals surface area contributed by atoms with Gasteiger partial charge in [-0.2, -0.15) is 0 Å². The highest BCUT2D eigenvalue weighted by molar-refractivity contribution is 7.89. The Kier molecular flexibility index (Phi) is 6.08. The fourth-order valence-corrected chi connectivity index (χ4v) is 2.85. The Hall–Kier alpha value is -3.05. The Morgan fingerprint density at radius 2 is 2.04 bits per heavy atom. The molecule has 0 aliphatic carbocycles. The average Bonchev–Trinajstić information content (AvgIpc) is 2.58. The van der Waals surface area contributed by atoms with Gasteiger partial charge in [0.2, 0.25) is 10.0 Å². The van der Waals surface area contributed by atoms with Gasteiger partial charge in [-0.15, -0.1) is 0 Å². The minimum atomic E-state index is -4.31. The van der Waals surface area contributed by atoms with Gasteiger partial charge in [-0.1, -0.05) is 6.07 Å². The molecule has 1 atom stereocenters. The molecule has 0 aromatic heterocycles. The van der Waals surface area contributed by atoms with Gasteiger partial charge in [0.25, 0.3) is 11.6 Å². The second-order valence-electron chi connectivity index (χ2n) is 5.63. The van der Waals surface area contributed by atoms with Crippen LogP contribution >= 0.6 is 0 Å². The van der Waals surface area contributed by atoms with Crippen LogP contribution in [0.4, 0.5) is 10.1 Å². The molecule has 0 aliphatic rings. The molecular formula is C16H16FN3O6S. The molecule has 27 heavy (non-hydrogen) atoms. The molecule has 2 aromatic rings. The first-order valence-electron chi connectivity index (χ1n) is 7.58. The summed E-state index contributed by atoms with van der Waals surface area (Å²) in [5.41, 5.74) is -0.916. The molecule has 0 heterocycles. The lowest BCUT2D eigenvalue weighted by molar-refractivity contribution is -0.387. The van der Waals surface area contributed by atoms with Crippen molar-refractivity contribution in [2.75, 3.05) is 6.61 Å². The van der Waals surface area contributed by atoms with Crippen LogP contribution in [0.1, 0.15) is 17.3 Å². The SMILES string of the molecule is CC(COc1cccc(F)c1)NC(=O)c1ccc(S(N)(=O)=O)c([N+](=O)[O-])c1. The number of sulfonamides is 1. The van der Waals surface area contributed by atoms with Gasteiger partial charge in [0.15, 0.2) is 4.90 Å². The highest BCUT2D eigenvalue weighted by Gasteiger charge is 2.25. The maximum Gasteiger partial charge on any atom is 0.290 e. The number of hydrogen-bond donors (Lipinski definition) is 2. The average molecular weight is 397 g/mol. The monoisotopic (exact) mass is 397 g/mol. The lowest BCUT2D eigenvalue weighted by Crippen LogP contribution is -2.36. The van der Waals surface area contributed by atoms with Crippen LogP contribution in [-0.4, -0.2) is 31.9 Å². The van der Waals surface area contributed by atoms with E-state index in [0.29, 0.717) is 0 Å². The molecule has 2 rings (SSSR count). The minimum Gasteiger partial charge on any atom is -0.491 e. The van der Waals surface area contributed by atoms with Crippen molar-refractivity contribution in [1.82, 2.24) is 5.32 Å². The number of rotatable bonds is 7. The smallest absolute Gasteiger partial charge is 0.290 e.